The summed E-state index contributed by atoms with van der Waals surface area (Å²) in [6.07, 6.45) is 0.791. The van der Waals surface area contributed by atoms with Gasteiger partial charge in [-0.15, -0.1) is 0 Å². The van der Waals surface area contributed by atoms with Gasteiger partial charge in [-0.1, -0.05) is 12.1 Å². The smallest absolute Gasteiger partial charge is 0.261 e. The molecule has 0 N–H and O–H groups in total. The molecular formula is C29H37NO10. The molecule has 0 unspecified atom stereocenters. The molecule has 1 aliphatic heterocycles. The van der Waals surface area contributed by atoms with E-state index in [9.17, 15) is 14.4 Å². The van der Waals surface area contributed by atoms with Crippen molar-refractivity contribution in [2.24, 2.45) is 0 Å². The maximum Gasteiger partial charge on any atom is 0.261 e. The van der Waals surface area contributed by atoms with E-state index in [2.05, 4.69) is 0 Å². The summed E-state index contributed by atoms with van der Waals surface area (Å²) < 4.78 is 38.2. The number of benzene rings is 2. The van der Waals surface area contributed by atoms with E-state index in [1.165, 1.54) is 4.90 Å². The fourth-order valence-electron chi connectivity index (χ4n) is 3.66. The highest BCUT2D eigenvalue weighted by Crippen LogP contribution is 2.21. The first-order valence-electron chi connectivity index (χ1n) is 13.3. The van der Waals surface area contributed by atoms with Crippen LogP contribution in [-0.2, 0) is 28.4 Å². The van der Waals surface area contributed by atoms with E-state index < -0.39 is 0 Å². The number of ether oxygens (including phenoxy) is 7. The SMILES string of the molecule is O=Cc1ccc(OCCOCCOCCOCCOCCOCCOCCN2C(=O)c3ccccc3C2=O)cc1. The summed E-state index contributed by atoms with van der Waals surface area (Å²) in [5, 5.41) is 0. The third-order valence-electron chi connectivity index (χ3n) is 5.71. The molecule has 1 heterocycles. The number of nitrogens with zero attached hydrogens (tertiary/aromatic N) is 1. The molecule has 11 heteroatoms. The highest BCUT2D eigenvalue weighted by atomic mass is 16.6. The lowest BCUT2D eigenvalue weighted by atomic mass is 10.1. The highest BCUT2D eigenvalue weighted by molar-refractivity contribution is 6.21. The van der Waals surface area contributed by atoms with E-state index in [1.807, 2.05) is 0 Å². The minimum absolute atomic E-state index is 0.213. The first kappa shape index (κ1) is 31.3. The lowest BCUT2D eigenvalue weighted by molar-refractivity contribution is -0.0182. The molecule has 3 rings (SSSR count). The molecule has 0 saturated carbocycles. The summed E-state index contributed by atoms with van der Waals surface area (Å²) in [5.41, 5.74) is 1.49. The fraction of sp³-hybridized carbons (Fsp3) is 0.483. The Kier molecular flexibility index (Phi) is 14.9. The molecule has 218 valence electrons. The lowest BCUT2D eigenvalue weighted by Gasteiger charge is -2.13. The van der Waals surface area contributed by atoms with Crippen molar-refractivity contribution in [3.63, 3.8) is 0 Å². The average Bonchev–Trinajstić information content (AvgIpc) is 3.23. The Morgan fingerprint density at radius 2 is 0.925 bits per heavy atom. The molecule has 0 radical (unpaired) electrons. The Morgan fingerprint density at radius 3 is 1.35 bits per heavy atom. The Morgan fingerprint density at radius 1 is 0.525 bits per heavy atom. The number of carbonyl (C=O) groups is 3. The van der Waals surface area contributed by atoms with Gasteiger partial charge >= 0.3 is 0 Å². The summed E-state index contributed by atoms with van der Waals surface area (Å²) in [7, 11) is 0. The molecular weight excluding hydrogens is 522 g/mol. The van der Waals surface area contributed by atoms with Crippen LogP contribution in [0.3, 0.4) is 0 Å². The van der Waals surface area contributed by atoms with Crippen molar-refractivity contribution >= 4 is 18.1 Å². The molecule has 11 nitrogen and oxygen atoms in total. The van der Waals surface area contributed by atoms with E-state index in [4.69, 9.17) is 33.2 Å². The fourth-order valence-corrected chi connectivity index (χ4v) is 3.66. The zero-order chi connectivity index (χ0) is 28.3. The van der Waals surface area contributed by atoms with Crippen LogP contribution in [0.2, 0.25) is 0 Å². The van der Waals surface area contributed by atoms with Crippen LogP contribution in [0.1, 0.15) is 31.1 Å². The van der Waals surface area contributed by atoms with Crippen molar-refractivity contribution in [1.29, 1.82) is 0 Å². The molecule has 0 fully saturated rings. The second-order valence-electron chi connectivity index (χ2n) is 8.52. The number of hydrogen-bond acceptors (Lipinski definition) is 10. The topological polar surface area (TPSA) is 119 Å². The highest BCUT2D eigenvalue weighted by Gasteiger charge is 2.34. The van der Waals surface area contributed by atoms with E-state index >= 15 is 0 Å². The summed E-state index contributed by atoms with van der Waals surface area (Å²) in [4.78, 5) is 36.4. The van der Waals surface area contributed by atoms with Crippen LogP contribution >= 0.6 is 0 Å². The van der Waals surface area contributed by atoms with Crippen LogP contribution in [0.5, 0.6) is 5.75 Å². The maximum absolute atomic E-state index is 12.3. The Labute approximate surface area is 234 Å². The largest absolute Gasteiger partial charge is 0.491 e. The maximum atomic E-state index is 12.3. The zero-order valence-electron chi connectivity index (χ0n) is 22.6. The van der Waals surface area contributed by atoms with Crippen LogP contribution < -0.4 is 4.74 Å². The molecule has 2 aromatic rings. The first-order chi connectivity index (χ1) is 19.7. The monoisotopic (exact) mass is 559 g/mol. The second-order valence-corrected chi connectivity index (χ2v) is 8.52. The second kappa shape index (κ2) is 19.0. The quantitative estimate of drug-likeness (QED) is 0.114. The Hall–Kier alpha value is -3.19. The molecule has 0 aliphatic carbocycles. The zero-order valence-corrected chi connectivity index (χ0v) is 22.6. The Balaban J connectivity index is 1.00. The predicted molar refractivity (Wildman–Crippen MR) is 144 cm³/mol. The summed E-state index contributed by atoms with van der Waals surface area (Å²) >= 11 is 0. The summed E-state index contributed by atoms with van der Waals surface area (Å²) in [6.45, 7) is 5.78. The predicted octanol–water partition coefficient (Wildman–Crippen LogP) is 2.27. The van der Waals surface area contributed by atoms with Crippen LogP contribution in [0.4, 0.5) is 0 Å². The number of aldehydes is 1. The van der Waals surface area contributed by atoms with Gasteiger partial charge in [0, 0.05) is 5.56 Å². The van der Waals surface area contributed by atoms with Crippen molar-refractivity contribution in [3.05, 3.63) is 65.2 Å². The van der Waals surface area contributed by atoms with Crippen molar-refractivity contribution in [1.82, 2.24) is 4.90 Å². The van der Waals surface area contributed by atoms with Crippen molar-refractivity contribution in [2.45, 2.75) is 0 Å². The van der Waals surface area contributed by atoms with Gasteiger partial charge in [-0.3, -0.25) is 19.3 Å². The van der Waals surface area contributed by atoms with Gasteiger partial charge in [0.15, 0.2) is 0 Å². The van der Waals surface area contributed by atoms with Gasteiger partial charge < -0.3 is 33.2 Å². The van der Waals surface area contributed by atoms with Crippen molar-refractivity contribution in [2.75, 3.05) is 92.4 Å². The van der Waals surface area contributed by atoms with Gasteiger partial charge in [0.1, 0.15) is 18.6 Å². The van der Waals surface area contributed by atoms with Crippen molar-refractivity contribution < 1.29 is 47.5 Å². The molecule has 0 bridgehead atoms. The molecule has 0 atom stereocenters. The van der Waals surface area contributed by atoms with Crippen molar-refractivity contribution in [3.8, 4) is 5.75 Å². The van der Waals surface area contributed by atoms with Crippen LogP contribution in [0, 0.1) is 0 Å². The summed E-state index contributed by atoms with van der Waals surface area (Å²) in [5.74, 6) is 0.137. The minimum atomic E-state index is -0.279. The van der Waals surface area contributed by atoms with Crippen LogP contribution in [0.25, 0.3) is 0 Å². The van der Waals surface area contributed by atoms with Gasteiger partial charge in [-0.05, 0) is 36.4 Å². The number of hydrogen-bond donors (Lipinski definition) is 0. The minimum Gasteiger partial charge on any atom is -0.491 e. The lowest BCUT2D eigenvalue weighted by Crippen LogP contribution is -2.33. The molecule has 0 aromatic heterocycles. The normalized spacial score (nSPS) is 12.7. The summed E-state index contributed by atoms with van der Waals surface area (Å²) in [6, 6.07) is 13.7. The average molecular weight is 560 g/mol. The van der Waals surface area contributed by atoms with E-state index in [0.717, 1.165) is 6.29 Å². The molecule has 40 heavy (non-hydrogen) atoms. The van der Waals surface area contributed by atoms with Gasteiger partial charge in [0.25, 0.3) is 11.8 Å². The molecule has 2 amide bonds. The van der Waals surface area contributed by atoms with Crippen LogP contribution in [0.15, 0.2) is 48.5 Å². The number of carbonyl (C=O) groups excluding carboxylic acids is 3. The number of rotatable bonds is 23. The van der Waals surface area contributed by atoms with Gasteiger partial charge in [0.2, 0.25) is 0 Å². The molecule has 0 saturated heterocycles. The third kappa shape index (κ3) is 11.1. The van der Waals surface area contributed by atoms with Crippen LogP contribution in [-0.4, -0.2) is 115 Å². The van der Waals surface area contributed by atoms with Gasteiger partial charge in [0.05, 0.1) is 97.0 Å². The van der Waals surface area contributed by atoms with E-state index in [0.29, 0.717) is 102 Å². The van der Waals surface area contributed by atoms with E-state index in [-0.39, 0.29) is 25.0 Å². The Bertz CT molecular complexity index is 995. The number of fused-ring (bicyclic) bond motifs is 1. The van der Waals surface area contributed by atoms with Gasteiger partial charge in [-0.25, -0.2) is 0 Å². The molecule has 2 aromatic carbocycles. The number of amides is 2. The number of imide groups is 1. The third-order valence-corrected chi connectivity index (χ3v) is 5.71. The van der Waals surface area contributed by atoms with Gasteiger partial charge in [-0.2, -0.15) is 0 Å². The molecule has 0 spiro atoms. The molecule has 1 aliphatic rings. The first-order valence-corrected chi connectivity index (χ1v) is 13.3. The standard InChI is InChI=1S/C29H37NO10/c31-23-24-5-7-25(8-6-24)40-22-21-39-20-19-38-18-17-37-16-15-36-14-13-35-12-11-34-10-9-30-28(32)26-3-1-2-4-27(26)29(30)33/h1-8,23H,9-22H2. The van der Waals surface area contributed by atoms with E-state index in [1.54, 1.807) is 48.5 Å².